The van der Waals surface area contributed by atoms with Gasteiger partial charge in [-0.2, -0.15) is 10.1 Å². The Labute approximate surface area is 210 Å². The first-order valence-corrected chi connectivity index (χ1v) is 11.9. The van der Waals surface area contributed by atoms with Crippen LogP contribution in [0.5, 0.6) is 0 Å². The van der Waals surface area contributed by atoms with Crippen molar-refractivity contribution in [1.82, 2.24) is 29.6 Å². The maximum absolute atomic E-state index is 14.4. The first-order chi connectivity index (χ1) is 17.1. The van der Waals surface area contributed by atoms with Gasteiger partial charge in [0.1, 0.15) is 16.8 Å². The predicted molar refractivity (Wildman–Crippen MR) is 129 cm³/mol. The minimum atomic E-state index is -0.653. The average molecular weight is 515 g/mol. The van der Waals surface area contributed by atoms with Gasteiger partial charge in [-0.3, -0.25) is 4.79 Å². The van der Waals surface area contributed by atoms with Gasteiger partial charge in [-0.25, -0.2) is 13.7 Å². The Hall–Kier alpha value is -3.73. The maximum atomic E-state index is 14.4. The Morgan fingerprint density at radius 3 is 2.72 bits per heavy atom. The molecule has 1 aliphatic rings. The van der Waals surface area contributed by atoms with E-state index in [1.54, 1.807) is 15.5 Å². The zero-order valence-electron chi connectivity index (χ0n) is 19.9. The number of H-pyrrole nitrogens is 1. The summed E-state index contributed by atoms with van der Waals surface area (Å²) in [6.07, 6.45) is 2.45. The van der Waals surface area contributed by atoms with Crippen LogP contribution in [-0.4, -0.2) is 54.4 Å². The molecule has 0 atom stereocenters. The Bertz CT molecular complexity index is 1500. The highest BCUT2D eigenvalue weighted by molar-refractivity contribution is 6.31. The molecule has 0 bridgehead atoms. The number of hydrogen-bond acceptors (Lipinski definition) is 7. The van der Waals surface area contributed by atoms with E-state index in [2.05, 4.69) is 20.2 Å². The van der Waals surface area contributed by atoms with E-state index in [4.69, 9.17) is 20.9 Å². The molecule has 5 rings (SSSR count). The molecule has 0 unspecified atom stereocenters. The van der Waals surface area contributed by atoms with E-state index < -0.39 is 11.4 Å². The molecular weight excluding hydrogens is 491 g/mol. The third-order valence-corrected chi connectivity index (χ3v) is 6.24. The second-order valence-electron chi connectivity index (χ2n) is 9.64. The lowest BCUT2D eigenvalue weighted by molar-refractivity contribution is 0.0203. The number of piperidine rings is 1. The van der Waals surface area contributed by atoms with Gasteiger partial charge in [0.05, 0.1) is 22.5 Å². The highest BCUT2D eigenvalue weighted by Gasteiger charge is 2.29. The van der Waals surface area contributed by atoms with Crippen LogP contribution < -0.4 is 5.56 Å². The molecule has 1 N–H and O–H groups in total. The summed E-state index contributed by atoms with van der Waals surface area (Å²) in [7, 11) is 0. The molecule has 0 radical (unpaired) electrons. The van der Waals surface area contributed by atoms with E-state index in [-0.39, 0.29) is 39.9 Å². The Morgan fingerprint density at radius 1 is 1.25 bits per heavy atom. The van der Waals surface area contributed by atoms with Gasteiger partial charge in [-0.1, -0.05) is 22.8 Å². The van der Waals surface area contributed by atoms with Gasteiger partial charge < -0.3 is 19.1 Å². The van der Waals surface area contributed by atoms with E-state index in [0.717, 1.165) is 0 Å². The van der Waals surface area contributed by atoms with Crippen molar-refractivity contribution in [2.45, 2.75) is 45.1 Å². The molecule has 1 aliphatic heterocycles. The summed E-state index contributed by atoms with van der Waals surface area (Å²) < 4.78 is 26.9. The number of ether oxygens (including phenoxy) is 1. The van der Waals surface area contributed by atoms with Gasteiger partial charge in [-0.05, 0) is 45.7 Å². The molecule has 1 amide bonds. The van der Waals surface area contributed by atoms with Crippen LogP contribution in [0.1, 0.15) is 45.2 Å². The molecule has 4 aromatic rings. The van der Waals surface area contributed by atoms with Crippen LogP contribution in [0.25, 0.3) is 28.5 Å². The second kappa shape index (κ2) is 9.05. The Balaban J connectivity index is 1.42. The SMILES string of the molecule is CC(C)(C)OC(=O)N1CCC(c2cc(=O)[nH]c3c(-c4nc(-c5cccc(Cl)c5F)no4)cnn23)CC1. The zero-order chi connectivity index (χ0) is 25.6. The normalized spacial score (nSPS) is 15.0. The van der Waals surface area contributed by atoms with Gasteiger partial charge in [0.2, 0.25) is 5.82 Å². The molecule has 10 nitrogen and oxygen atoms in total. The van der Waals surface area contributed by atoms with E-state index in [9.17, 15) is 14.0 Å². The topological polar surface area (TPSA) is 119 Å². The van der Waals surface area contributed by atoms with Crippen LogP contribution in [0.15, 0.2) is 39.8 Å². The van der Waals surface area contributed by atoms with E-state index in [0.29, 0.717) is 42.8 Å². The second-order valence-corrected chi connectivity index (χ2v) is 10.1. The minimum absolute atomic E-state index is 0.0000365. The third-order valence-electron chi connectivity index (χ3n) is 5.95. The number of benzene rings is 1. The number of carbonyl (C=O) groups is 1. The van der Waals surface area contributed by atoms with Crippen LogP contribution in [0, 0.1) is 5.82 Å². The minimum Gasteiger partial charge on any atom is -0.444 e. The van der Waals surface area contributed by atoms with Crippen LogP contribution in [0.2, 0.25) is 5.02 Å². The summed E-state index contributed by atoms with van der Waals surface area (Å²) in [6, 6.07) is 6.02. The summed E-state index contributed by atoms with van der Waals surface area (Å²) in [5.41, 5.74) is 0.722. The van der Waals surface area contributed by atoms with Crippen molar-refractivity contribution in [3.63, 3.8) is 0 Å². The zero-order valence-corrected chi connectivity index (χ0v) is 20.7. The lowest BCUT2D eigenvalue weighted by Gasteiger charge is -2.33. The van der Waals surface area contributed by atoms with Crippen LogP contribution in [0.4, 0.5) is 9.18 Å². The maximum Gasteiger partial charge on any atom is 0.410 e. The van der Waals surface area contributed by atoms with Crippen LogP contribution in [-0.2, 0) is 4.74 Å². The molecule has 12 heteroatoms. The van der Waals surface area contributed by atoms with Crippen molar-refractivity contribution in [3.8, 4) is 22.8 Å². The first-order valence-electron chi connectivity index (χ1n) is 11.5. The molecule has 1 aromatic carbocycles. The van der Waals surface area contributed by atoms with Crippen molar-refractivity contribution in [2.75, 3.05) is 13.1 Å². The Kier molecular flexibility index (Phi) is 6.03. The number of rotatable bonds is 3. The van der Waals surface area contributed by atoms with Crippen molar-refractivity contribution < 1.29 is 18.4 Å². The van der Waals surface area contributed by atoms with Crippen molar-refractivity contribution in [3.05, 3.63) is 57.3 Å². The molecule has 0 saturated carbocycles. The number of nitrogens with zero attached hydrogens (tertiary/aromatic N) is 5. The fourth-order valence-corrected chi connectivity index (χ4v) is 4.44. The first kappa shape index (κ1) is 24.0. The molecule has 4 heterocycles. The number of amides is 1. The smallest absolute Gasteiger partial charge is 0.410 e. The molecule has 1 saturated heterocycles. The summed E-state index contributed by atoms with van der Waals surface area (Å²) in [4.78, 5) is 33.7. The molecule has 1 fully saturated rings. The molecular formula is C24H24ClFN6O4. The number of fused-ring (bicyclic) bond motifs is 1. The molecule has 3 aromatic heterocycles. The van der Waals surface area contributed by atoms with Gasteiger partial charge in [-0.15, -0.1) is 0 Å². The largest absolute Gasteiger partial charge is 0.444 e. The monoisotopic (exact) mass is 514 g/mol. The number of aromatic amines is 1. The summed E-state index contributed by atoms with van der Waals surface area (Å²) in [5, 5.41) is 8.26. The van der Waals surface area contributed by atoms with Crippen molar-refractivity contribution >= 4 is 23.3 Å². The van der Waals surface area contributed by atoms with Crippen molar-refractivity contribution in [1.29, 1.82) is 0 Å². The van der Waals surface area contributed by atoms with Crippen molar-refractivity contribution in [2.24, 2.45) is 0 Å². The van der Waals surface area contributed by atoms with Gasteiger partial charge >= 0.3 is 6.09 Å². The summed E-state index contributed by atoms with van der Waals surface area (Å²) in [5.74, 6) is -0.552. The summed E-state index contributed by atoms with van der Waals surface area (Å²) >= 11 is 5.87. The van der Waals surface area contributed by atoms with Crippen LogP contribution >= 0.6 is 11.6 Å². The van der Waals surface area contributed by atoms with Gasteiger partial charge in [0.25, 0.3) is 11.4 Å². The number of nitrogens with one attached hydrogen (secondary N) is 1. The quantitative estimate of drug-likeness (QED) is 0.422. The number of likely N-dealkylation sites (tertiary alicyclic amines) is 1. The molecule has 188 valence electrons. The molecule has 0 spiro atoms. The van der Waals surface area contributed by atoms with E-state index in [1.165, 1.54) is 24.4 Å². The highest BCUT2D eigenvalue weighted by Crippen LogP contribution is 2.32. The number of halogens is 2. The number of carbonyl (C=O) groups excluding carboxylic acids is 1. The predicted octanol–water partition coefficient (Wildman–Crippen LogP) is 4.65. The van der Waals surface area contributed by atoms with Gasteiger partial charge in [0.15, 0.2) is 5.82 Å². The average Bonchev–Trinajstić information content (AvgIpc) is 3.46. The standard InChI is InChI=1S/C24H24ClFN6O4/c1-24(2,3)35-23(34)31-9-7-13(8-10-31)17-11-18(33)28-21-15(12-27-32(17)21)22-29-20(30-36-22)14-5-4-6-16(25)19(14)26/h4-6,11-13H,7-10H2,1-3H3,(H,28,33). The fraction of sp³-hybridized carbons (Fsp3) is 0.375. The third kappa shape index (κ3) is 4.58. The number of aromatic nitrogens is 5. The van der Waals surface area contributed by atoms with Gasteiger partial charge in [0, 0.05) is 25.1 Å². The highest BCUT2D eigenvalue weighted by atomic mass is 35.5. The van der Waals surface area contributed by atoms with E-state index in [1.807, 2.05) is 20.8 Å². The number of hydrogen-bond donors (Lipinski definition) is 1. The van der Waals surface area contributed by atoms with E-state index >= 15 is 0 Å². The molecule has 36 heavy (non-hydrogen) atoms. The summed E-state index contributed by atoms with van der Waals surface area (Å²) in [6.45, 7) is 6.49. The lowest BCUT2D eigenvalue weighted by atomic mass is 9.93. The lowest BCUT2D eigenvalue weighted by Crippen LogP contribution is -2.41. The molecule has 0 aliphatic carbocycles. The van der Waals surface area contributed by atoms with Crippen LogP contribution in [0.3, 0.4) is 0 Å². The fourth-order valence-electron chi connectivity index (χ4n) is 4.26. The Morgan fingerprint density at radius 2 is 2.00 bits per heavy atom.